The molecule has 2 fully saturated rings. The summed E-state index contributed by atoms with van der Waals surface area (Å²) in [7, 11) is 0. The minimum atomic E-state index is -0.882. The van der Waals surface area contributed by atoms with E-state index in [1.54, 1.807) is 20.8 Å². The summed E-state index contributed by atoms with van der Waals surface area (Å²) in [6, 6.07) is 3.05. The van der Waals surface area contributed by atoms with E-state index < -0.39 is 58.3 Å². The lowest BCUT2D eigenvalue weighted by molar-refractivity contribution is -0.180. The molecular weight excluding hydrogens is 502 g/mol. The fourth-order valence-electron chi connectivity index (χ4n) is 4.45. The molecule has 1 aromatic carbocycles. The number of amides is 2. The quantitative estimate of drug-likeness (QED) is 0.284. The summed E-state index contributed by atoms with van der Waals surface area (Å²) in [5.41, 5.74) is 6.29. The molecule has 1 aromatic rings. The zero-order valence-electron chi connectivity index (χ0n) is 21.6. The van der Waals surface area contributed by atoms with Crippen LogP contribution in [0.4, 0.5) is 0 Å². The Morgan fingerprint density at radius 3 is 2.68 bits per heavy atom. The van der Waals surface area contributed by atoms with Crippen LogP contribution in [0, 0.1) is 5.41 Å². The summed E-state index contributed by atoms with van der Waals surface area (Å²) >= 11 is 1.40. The average molecular weight is 536 g/mol. The highest BCUT2D eigenvalue weighted by atomic mass is 32.2. The topological polar surface area (TPSA) is 146 Å². The van der Waals surface area contributed by atoms with Gasteiger partial charge in [0.25, 0.3) is 0 Å². The molecule has 0 aliphatic carbocycles. The first kappa shape index (κ1) is 27.1. The summed E-state index contributed by atoms with van der Waals surface area (Å²) in [4.78, 5) is 51.9. The van der Waals surface area contributed by atoms with E-state index >= 15 is 0 Å². The van der Waals surface area contributed by atoms with E-state index in [-0.39, 0.29) is 12.7 Å². The smallest absolute Gasteiger partial charge is 0.333 e. The largest absolute Gasteiger partial charge is 0.454 e. The molecule has 0 aromatic heterocycles. The van der Waals surface area contributed by atoms with E-state index in [0.717, 1.165) is 5.56 Å². The number of benzene rings is 1. The lowest BCUT2D eigenvalue weighted by Crippen LogP contribution is -2.71. The van der Waals surface area contributed by atoms with Gasteiger partial charge >= 0.3 is 11.9 Å². The van der Waals surface area contributed by atoms with Crippen molar-refractivity contribution < 1.29 is 38.1 Å². The molecule has 3 heterocycles. The number of hydrogen-bond acceptors (Lipinski definition) is 10. The molecule has 0 spiro atoms. The summed E-state index contributed by atoms with van der Waals surface area (Å²) in [5, 5.41) is 2.31. The summed E-state index contributed by atoms with van der Waals surface area (Å²) in [5.74, 6) is -0.675. The molecule has 0 saturated carbocycles. The number of nitrogens with two attached hydrogens (primary N) is 1. The van der Waals surface area contributed by atoms with Crippen LogP contribution < -0.4 is 20.5 Å². The molecular formula is C25H33N3O8S. The molecule has 3 aliphatic heterocycles. The van der Waals surface area contributed by atoms with Gasteiger partial charge in [0, 0.05) is 4.75 Å². The van der Waals surface area contributed by atoms with E-state index in [1.165, 1.54) is 16.7 Å². The van der Waals surface area contributed by atoms with Crippen LogP contribution in [0.1, 0.15) is 46.6 Å². The van der Waals surface area contributed by atoms with Crippen LogP contribution in [0.2, 0.25) is 0 Å². The molecule has 0 bridgehead atoms. The van der Waals surface area contributed by atoms with Gasteiger partial charge in [-0.1, -0.05) is 12.1 Å². The molecule has 37 heavy (non-hydrogen) atoms. The normalized spacial score (nSPS) is 24.1. The standard InChI is InChI=1S/C25H33N3O8S/c1-24(2,3)23(32)36-12-35-22(31)18-25(4,5)37-21-16(20(30)28(18)21)27-19(29)14(26)10-9-13-7-6-8-15-17(13)34-11-33-15/h6-8,14,16,18,21H,9-12,26H2,1-5H3,(H,27,29)/t14?,16-,18+,21-/m1/s1. The highest BCUT2D eigenvalue weighted by molar-refractivity contribution is 8.01. The van der Waals surface area contributed by atoms with Gasteiger partial charge < -0.3 is 34.9 Å². The Morgan fingerprint density at radius 1 is 1.24 bits per heavy atom. The van der Waals surface area contributed by atoms with Crippen LogP contribution >= 0.6 is 11.8 Å². The molecule has 4 rings (SSSR count). The van der Waals surface area contributed by atoms with E-state index in [4.69, 9.17) is 24.7 Å². The number of β-lactam (4-membered cyclic amide) rings is 1. The molecule has 2 amide bonds. The molecule has 12 heteroatoms. The number of fused-ring (bicyclic) bond motifs is 2. The van der Waals surface area contributed by atoms with Gasteiger partial charge in [0.1, 0.15) is 17.5 Å². The van der Waals surface area contributed by atoms with Gasteiger partial charge in [-0.15, -0.1) is 11.8 Å². The van der Waals surface area contributed by atoms with Gasteiger partial charge in [-0.3, -0.25) is 14.4 Å². The Labute approximate surface area is 219 Å². The molecule has 1 unspecified atom stereocenters. The number of ether oxygens (including phenoxy) is 4. The van der Waals surface area contributed by atoms with E-state index in [9.17, 15) is 19.2 Å². The lowest BCUT2D eigenvalue weighted by Gasteiger charge is -2.44. The van der Waals surface area contributed by atoms with Crippen LogP contribution in [0.25, 0.3) is 0 Å². The van der Waals surface area contributed by atoms with Gasteiger partial charge in [-0.25, -0.2) is 4.79 Å². The van der Waals surface area contributed by atoms with Gasteiger partial charge in [0.05, 0.1) is 11.5 Å². The number of nitrogens with one attached hydrogen (secondary N) is 1. The maximum Gasteiger partial charge on any atom is 0.333 e. The Morgan fingerprint density at radius 2 is 1.97 bits per heavy atom. The molecule has 2 saturated heterocycles. The number of aryl methyl sites for hydroxylation is 1. The number of esters is 2. The van der Waals surface area contributed by atoms with E-state index in [0.29, 0.717) is 24.3 Å². The second-order valence-corrected chi connectivity index (χ2v) is 12.6. The van der Waals surface area contributed by atoms with Crippen LogP contribution in [0.3, 0.4) is 0 Å². The second-order valence-electron chi connectivity index (χ2n) is 10.8. The minimum absolute atomic E-state index is 0.158. The van der Waals surface area contributed by atoms with Crippen LogP contribution in [0.5, 0.6) is 11.5 Å². The zero-order valence-corrected chi connectivity index (χ0v) is 22.4. The minimum Gasteiger partial charge on any atom is -0.454 e. The Balaban J connectivity index is 1.30. The second kappa shape index (κ2) is 10.1. The fourth-order valence-corrected chi connectivity index (χ4v) is 6.07. The van der Waals surface area contributed by atoms with Gasteiger partial charge in [-0.05, 0) is 59.1 Å². The number of thioether (sulfide) groups is 1. The van der Waals surface area contributed by atoms with Crippen molar-refractivity contribution in [1.82, 2.24) is 10.2 Å². The summed E-state index contributed by atoms with van der Waals surface area (Å²) < 4.78 is 20.4. The zero-order chi connectivity index (χ0) is 27.1. The van der Waals surface area contributed by atoms with Crippen molar-refractivity contribution in [3.05, 3.63) is 23.8 Å². The Hall–Kier alpha value is -2.99. The molecule has 11 nitrogen and oxygen atoms in total. The van der Waals surface area contributed by atoms with Gasteiger partial charge in [0.15, 0.2) is 11.5 Å². The highest BCUT2D eigenvalue weighted by Crippen LogP contribution is 2.51. The fraction of sp³-hybridized carbons (Fsp3) is 0.600. The Kier molecular flexibility index (Phi) is 7.35. The number of carbonyl (C=O) groups excluding carboxylic acids is 4. The van der Waals surface area contributed by atoms with Gasteiger partial charge in [-0.2, -0.15) is 0 Å². The summed E-state index contributed by atoms with van der Waals surface area (Å²) in [6.45, 7) is 8.34. The van der Waals surface area contributed by atoms with Crippen molar-refractivity contribution in [2.45, 2.75) is 75.7 Å². The van der Waals surface area contributed by atoms with Crippen molar-refractivity contribution in [1.29, 1.82) is 0 Å². The van der Waals surface area contributed by atoms with Crippen LogP contribution in [0.15, 0.2) is 18.2 Å². The first-order chi connectivity index (χ1) is 17.3. The number of hydrogen-bond donors (Lipinski definition) is 2. The lowest BCUT2D eigenvalue weighted by atomic mass is 9.95. The number of nitrogens with zero attached hydrogens (tertiary/aromatic N) is 1. The number of rotatable bonds is 8. The van der Waals surface area contributed by atoms with E-state index in [2.05, 4.69) is 5.32 Å². The van der Waals surface area contributed by atoms with Crippen molar-refractivity contribution >= 4 is 35.5 Å². The first-order valence-electron chi connectivity index (χ1n) is 12.1. The SMILES string of the molecule is CC(C)(C)C(=O)OCOC(=O)[C@@H]1N2C(=O)[C@@H](NC(=O)C(N)CCc3cccc4c3OCO4)[C@H]2SC1(C)C. The predicted molar refractivity (Wildman–Crippen MR) is 133 cm³/mol. The van der Waals surface area contributed by atoms with Crippen molar-refractivity contribution in [3.63, 3.8) is 0 Å². The maximum atomic E-state index is 13.0. The predicted octanol–water partition coefficient (Wildman–Crippen LogP) is 1.31. The first-order valence-corrected chi connectivity index (χ1v) is 13.0. The summed E-state index contributed by atoms with van der Waals surface area (Å²) in [6.07, 6.45) is 0.854. The average Bonchev–Trinajstić information content (AvgIpc) is 3.40. The molecule has 202 valence electrons. The van der Waals surface area contributed by atoms with Crippen molar-refractivity contribution in [2.75, 3.05) is 13.6 Å². The van der Waals surface area contributed by atoms with Crippen LogP contribution in [-0.4, -0.2) is 70.5 Å². The number of carbonyl (C=O) groups is 4. The Bertz CT molecular complexity index is 1100. The molecule has 3 aliphatic rings. The molecule has 3 N–H and O–H groups in total. The van der Waals surface area contributed by atoms with Crippen LogP contribution in [-0.2, 0) is 35.1 Å². The maximum absolute atomic E-state index is 13.0. The van der Waals surface area contributed by atoms with E-state index in [1.807, 2.05) is 32.0 Å². The third kappa shape index (κ3) is 5.35. The van der Waals surface area contributed by atoms with Crippen molar-refractivity contribution in [3.8, 4) is 11.5 Å². The third-order valence-electron chi connectivity index (χ3n) is 6.51. The third-order valence-corrected chi connectivity index (χ3v) is 8.08. The highest BCUT2D eigenvalue weighted by Gasteiger charge is 2.64. The number of para-hydroxylation sites is 1. The van der Waals surface area contributed by atoms with Gasteiger partial charge in [0.2, 0.25) is 25.4 Å². The van der Waals surface area contributed by atoms with Crippen molar-refractivity contribution in [2.24, 2.45) is 11.1 Å². The molecule has 0 radical (unpaired) electrons. The monoisotopic (exact) mass is 535 g/mol. The molecule has 4 atom stereocenters.